The van der Waals surface area contributed by atoms with Gasteiger partial charge >= 0.3 is 0 Å². The fourth-order valence-corrected chi connectivity index (χ4v) is 1.76. The summed E-state index contributed by atoms with van der Waals surface area (Å²) >= 11 is 0. The predicted molar refractivity (Wildman–Crippen MR) is 54.2 cm³/mol. The lowest BCUT2D eigenvalue weighted by Crippen LogP contribution is -2.25. The Morgan fingerprint density at radius 3 is 3.00 bits per heavy atom. The summed E-state index contributed by atoms with van der Waals surface area (Å²) < 4.78 is 0. The van der Waals surface area contributed by atoms with Crippen LogP contribution in [-0.4, -0.2) is 18.2 Å². The maximum absolute atomic E-state index is 11.3. The maximum atomic E-state index is 11.3. The Labute approximate surface area is 83.5 Å². The van der Waals surface area contributed by atoms with Crippen LogP contribution in [0.1, 0.15) is 19.3 Å². The molecule has 1 aliphatic carbocycles. The van der Waals surface area contributed by atoms with Gasteiger partial charge in [0, 0.05) is 12.3 Å². The van der Waals surface area contributed by atoms with Gasteiger partial charge in [0.25, 0.3) is 5.91 Å². The van der Waals surface area contributed by atoms with Gasteiger partial charge < -0.3 is 5.73 Å². The van der Waals surface area contributed by atoms with E-state index < -0.39 is 0 Å². The van der Waals surface area contributed by atoms with E-state index in [1.165, 1.54) is 5.57 Å². The van der Waals surface area contributed by atoms with Gasteiger partial charge in [-0.2, -0.15) is 0 Å². The predicted octanol–water partition coefficient (Wildman–Crippen LogP) is 1.07. The fourth-order valence-electron chi connectivity index (χ4n) is 1.76. The van der Waals surface area contributed by atoms with E-state index in [0.29, 0.717) is 6.54 Å². The molecule has 2 aliphatic rings. The smallest absolute Gasteiger partial charge is 0.254 e. The van der Waals surface area contributed by atoms with Crippen molar-refractivity contribution >= 4 is 24.0 Å². The summed E-state index contributed by atoms with van der Waals surface area (Å²) in [6.45, 7) is 0.388. The van der Waals surface area contributed by atoms with Crippen molar-refractivity contribution in [2.75, 3.05) is 6.54 Å². The number of rotatable bonds is 1. The number of carbonyl (C=O) groups is 1. The third-order valence-corrected chi connectivity index (χ3v) is 2.45. The molecule has 0 bridgehead atoms. The molecular formula is C9H13ClN2O. The van der Waals surface area contributed by atoms with E-state index in [2.05, 4.69) is 4.99 Å². The molecule has 1 saturated carbocycles. The molecule has 1 heterocycles. The second-order valence-corrected chi connectivity index (χ2v) is 3.28. The number of fused-ring (bicyclic) bond motifs is 1. The number of amides is 1. The van der Waals surface area contributed by atoms with Crippen molar-refractivity contribution in [3.8, 4) is 0 Å². The number of hydrogen-bond donors (Lipinski definition) is 1. The van der Waals surface area contributed by atoms with Crippen LogP contribution in [0, 0.1) is 5.92 Å². The topological polar surface area (TPSA) is 55.4 Å². The normalized spacial score (nSPS) is 25.9. The number of dihydropyridines is 1. The van der Waals surface area contributed by atoms with Gasteiger partial charge in [-0.05, 0) is 24.8 Å². The average Bonchev–Trinajstić information content (AvgIpc) is 2.49. The van der Waals surface area contributed by atoms with Crippen molar-refractivity contribution in [2.24, 2.45) is 16.6 Å². The third kappa shape index (κ3) is 1.81. The molecule has 0 saturated heterocycles. The highest BCUT2D eigenvalue weighted by Gasteiger charge is 2.25. The van der Waals surface area contributed by atoms with Crippen LogP contribution in [0.4, 0.5) is 0 Å². The minimum Gasteiger partial charge on any atom is -0.329 e. The molecule has 1 atom stereocenters. The lowest BCUT2D eigenvalue weighted by atomic mass is 10.00. The van der Waals surface area contributed by atoms with Gasteiger partial charge in [0.05, 0.1) is 5.92 Å². The van der Waals surface area contributed by atoms with Gasteiger partial charge in [-0.3, -0.25) is 4.79 Å². The molecule has 0 spiro atoms. The standard InChI is InChI=1S/C9H12N2O.ClH/c10-5-7-4-6-2-1-3-8(6)11-9(7)12;/h4,7H,1-3,5,10H2;1H. The molecule has 3 nitrogen and oxygen atoms in total. The first-order valence-corrected chi connectivity index (χ1v) is 4.34. The lowest BCUT2D eigenvalue weighted by Gasteiger charge is -2.13. The molecule has 1 fully saturated rings. The molecule has 0 aromatic rings. The Hall–Kier alpha value is -0.670. The monoisotopic (exact) mass is 200 g/mol. The highest BCUT2D eigenvalue weighted by molar-refractivity contribution is 6.10. The Kier molecular flexibility index (Phi) is 3.22. The molecular weight excluding hydrogens is 188 g/mol. The van der Waals surface area contributed by atoms with Crippen molar-refractivity contribution in [2.45, 2.75) is 19.3 Å². The van der Waals surface area contributed by atoms with Gasteiger partial charge in [-0.1, -0.05) is 6.08 Å². The van der Waals surface area contributed by atoms with Gasteiger partial charge in [-0.15, -0.1) is 12.4 Å². The molecule has 0 aromatic carbocycles. The fraction of sp³-hybridized carbons (Fsp3) is 0.556. The Balaban J connectivity index is 0.000000845. The zero-order valence-corrected chi connectivity index (χ0v) is 8.14. The summed E-state index contributed by atoms with van der Waals surface area (Å²) in [5.41, 5.74) is 7.70. The summed E-state index contributed by atoms with van der Waals surface area (Å²) in [4.78, 5) is 15.3. The summed E-state index contributed by atoms with van der Waals surface area (Å²) in [5.74, 6) is -0.208. The highest BCUT2D eigenvalue weighted by Crippen LogP contribution is 2.27. The van der Waals surface area contributed by atoms with Crippen molar-refractivity contribution in [3.63, 3.8) is 0 Å². The molecule has 72 valence electrons. The molecule has 1 amide bonds. The van der Waals surface area contributed by atoms with Crippen molar-refractivity contribution < 1.29 is 4.79 Å². The largest absolute Gasteiger partial charge is 0.329 e. The van der Waals surface area contributed by atoms with E-state index >= 15 is 0 Å². The average molecular weight is 201 g/mol. The summed E-state index contributed by atoms with van der Waals surface area (Å²) in [5, 5.41) is 0. The van der Waals surface area contributed by atoms with Crippen LogP contribution in [0.3, 0.4) is 0 Å². The Morgan fingerprint density at radius 1 is 1.54 bits per heavy atom. The lowest BCUT2D eigenvalue weighted by molar-refractivity contribution is -0.120. The quantitative estimate of drug-likeness (QED) is 0.689. The van der Waals surface area contributed by atoms with E-state index in [1.807, 2.05) is 6.08 Å². The molecule has 0 radical (unpaired) electrons. The molecule has 2 N–H and O–H groups in total. The number of nitrogens with two attached hydrogens (primary N) is 1. The SMILES string of the molecule is Cl.NCC1C=C2CCCC2=NC1=O. The molecule has 1 aliphatic heterocycles. The van der Waals surface area contributed by atoms with Gasteiger partial charge in [0.2, 0.25) is 0 Å². The molecule has 13 heavy (non-hydrogen) atoms. The first-order valence-electron chi connectivity index (χ1n) is 4.34. The second-order valence-electron chi connectivity index (χ2n) is 3.28. The number of aliphatic imine (C=N–C) groups is 1. The minimum atomic E-state index is -0.151. The summed E-state index contributed by atoms with van der Waals surface area (Å²) in [6.07, 6.45) is 5.17. The van der Waals surface area contributed by atoms with Gasteiger partial charge in [-0.25, -0.2) is 4.99 Å². The molecule has 0 aromatic heterocycles. The zero-order valence-electron chi connectivity index (χ0n) is 7.32. The van der Waals surface area contributed by atoms with Gasteiger partial charge in [0.1, 0.15) is 0 Å². The van der Waals surface area contributed by atoms with Crippen LogP contribution in [0.15, 0.2) is 16.6 Å². The minimum absolute atomic E-state index is 0. The van der Waals surface area contributed by atoms with Crippen LogP contribution in [0.5, 0.6) is 0 Å². The Morgan fingerprint density at radius 2 is 2.31 bits per heavy atom. The van der Waals surface area contributed by atoms with Crippen LogP contribution < -0.4 is 5.73 Å². The third-order valence-electron chi connectivity index (χ3n) is 2.45. The van der Waals surface area contributed by atoms with E-state index in [4.69, 9.17) is 5.73 Å². The van der Waals surface area contributed by atoms with Crippen LogP contribution in [0.25, 0.3) is 0 Å². The molecule has 1 unspecified atom stereocenters. The molecule has 4 heteroatoms. The number of carbonyl (C=O) groups excluding carboxylic acids is 1. The van der Waals surface area contributed by atoms with E-state index in [1.54, 1.807) is 0 Å². The van der Waals surface area contributed by atoms with Crippen molar-refractivity contribution in [3.05, 3.63) is 11.6 Å². The van der Waals surface area contributed by atoms with E-state index in [0.717, 1.165) is 25.0 Å². The van der Waals surface area contributed by atoms with Crippen LogP contribution in [-0.2, 0) is 4.79 Å². The summed E-state index contributed by atoms with van der Waals surface area (Å²) in [6, 6.07) is 0. The van der Waals surface area contributed by atoms with E-state index in [-0.39, 0.29) is 24.2 Å². The van der Waals surface area contributed by atoms with Crippen molar-refractivity contribution in [1.82, 2.24) is 0 Å². The number of allylic oxidation sites excluding steroid dienone is 1. The van der Waals surface area contributed by atoms with Crippen molar-refractivity contribution in [1.29, 1.82) is 0 Å². The second kappa shape index (κ2) is 4.03. The number of nitrogens with zero attached hydrogens (tertiary/aromatic N) is 1. The first kappa shape index (κ1) is 10.4. The first-order chi connectivity index (χ1) is 5.81. The zero-order chi connectivity index (χ0) is 8.55. The van der Waals surface area contributed by atoms with Crippen LogP contribution >= 0.6 is 12.4 Å². The number of hydrogen-bond acceptors (Lipinski definition) is 2. The summed E-state index contributed by atoms with van der Waals surface area (Å²) in [7, 11) is 0. The highest BCUT2D eigenvalue weighted by atomic mass is 35.5. The van der Waals surface area contributed by atoms with Gasteiger partial charge in [0.15, 0.2) is 0 Å². The Bertz CT molecular complexity index is 283. The number of halogens is 1. The van der Waals surface area contributed by atoms with E-state index in [9.17, 15) is 4.79 Å². The maximum Gasteiger partial charge on any atom is 0.254 e. The molecule has 2 rings (SSSR count). The van der Waals surface area contributed by atoms with Crippen LogP contribution in [0.2, 0.25) is 0 Å².